The summed E-state index contributed by atoms with van der Waals surface area (Å²) in [5, 5.41) is 6.63. The van der Waals surface area contributed by atoms with Gasteiger partial charge in [-0.1, -0.05) is 29.8 Å². The largest absolute Gasteiger partial charge is 0.476 e. The normalized spacial score (nSPS) is 16.5. The van der Waals surface area contributed by atoms with Crippen molar-refractivity contribution < 1.29 is 4.74 Å². The number of fused-ring (bicyclic) bond motifs is 1. The van der Waals surface area contributed by atoms with Crippen LogP contribution < -0.4 is 4.74 Å². The highest BCUT2D eigenvalue weighted by molar-refractivity contribution is 6.30. The van der Waals surface area contributed by atoms with Crippen LogP contribution in [0.3, 0.4) is 0 Å². The summed E-state index contributed by atoms with van der Waals surface area (Å²) in [6.07, 6.45) is 7.25. The van der Waals surface area contributed by atoms with Gasteiger partial charge in [-0.05, 0) is 85.8 Å². The summed E-state index contributed by atoms with van der Waals surface area (Å²) in [5.41, 5.74) is 4.47. The Bertz CT molecular complexity index is 1210. The number of rotatable bonds is 8. The van der Waals surface area contributed by atoms with E-state index in [-0.39, 0.29) is 0 Å². The lowest BCUT2D eigenvalue weighted by atomic mass is 10.1. The Labute approximate surface area is 200 Å². The summed E-state index contributed by atoms with van der Waals surface area (Å²) < 4.78 is 8.27. The van der Waals surface area contributed by atoms with Crippen LogP contribution in [-0.4, -0.2) is 45.4 Å². The van der Waals surface area contributed by atoms with Gasteiger partial charge in [0.25, 0.3) is 0 Å². The third-order valence-electron chi connectivity index (χ3n) is 6.49. The first-order chi connectivity index (χ1) is 16.2. The highest BCUT2D eigenvalue weighted by Crippen LogP contribution is 2.31. The molecule has 170 valence electrons. The molecule has 6 heteroatoms. The molecule has 3 heterocycles. The molecule has 0 N–H and O–H groups in total. The third-order valence-corrected chi connectivity index (χ3v) is 6.75. The minimum atomic E-state index is 0.662. The minimum absolute atomic E-state index is 0.662. The van der Waals surface area contributed by atoms with Crippen molar-refractivity contribution in [3.8, 4) is 17.0 Å². The van der Waals surface area contributed by atoms with Gasteiger partial charge in [0.1, 0.15) is 0 Å². The summed E-state index contributed by atoms with van der Waals surface area (Å²) >= 11 is 6.07. The smallest absolute Gasteiger partial charge is 0.240 e. The van der Waals surface area contributed by atoms with Gasteiger partial charge >= 0.3 is 0 Å². The van der Waals surface area contributed by atoms with Crippen molar-refractivity contribution in [2.24, 2.45) is 0 Å². The Balaban J connectivity index is 1.40. The quantitative estimate of drug-likeness (QED) is 0.300. The number of pyridine rings is 1. The van der Waals surface area contributed by atoms with E-state index in [2.05, 4.69) is 35.0 Å². The van der Waals surface area contributed by atoms with E-state index in [1.54, 1.807) is 0 Å². The number of nitrogens with zero attached hydrogens (tertiary/aromatic N) is 4. The summed E-state index contributed by atoms with van der Waals surface area (Å²) in [5.74, 6) is 0.698. The van der Waals surface area contributed by atoms with Crippen LogP contribution in [0.25, 0.3) is 22.0 Å². The molecule has 1 saturated heterocycles. The molecule has 0 amide bonds. The topological polar surface area (TPSA) is 43.2 Å². The minimum Gasteiger partial charge on any atom is -0.476 e. The monoisotopic (exact) mass is 460 g/mol. The van der Waals surface area contributed by atoms with Crippen molar-refractivity contribution >= 4 is 22.5 Å². The molecule has 0 unspecified atom stereocenters. The average molecular weight is 461 g/mol. The lowest BCUT2D eigenvalue weighted by Crippen LogP contribution is -2.28. The molecule has 0 saturated carbocycles. The molecule has 5 nitrogen and oxygen atoms in total. The fourth-order valence-corrected chi connectivity index (χ4v) is 4.75. The summed E-state index contributed by atoms with van der Waals surface area (Å²) in [4.78, 5) is 6.70. The van der Waals surface area contributed by atoms with Crippen LogP contribution in [0.5, 0.6) is 5.88 Å². The van der Waals surface area contributed by atoms with Crippen LogP contribution in [0, 0.1) is 0 Å². The number of halogens is 1. The van der Waals surface area contributed by atoms with Crippen LogP contribution in [-0.2, 0) is 6.54 Å². The van der Waals surface area contributed by atoms with E-state index >= 15 is 0 Å². The fourth-order valence-electron chi connectivity index (χ4n) is 4.63. The summed E-state index contributed by atoms with van der Waals surface area (Å²) in [7, 11) is 0. The van der Waals surface area contributed by atoms with Crippen LogP contribution in [0.4, 0.5) is 0 Å². The maximum Gasteiger partial charge on any atom is 0.240 e. The molecule has 0 radical (unpaired) electrons. The van der Waals surface area contributed by atoms with E-state index in [0.717, 1.165) is 45.6 Å². The lowest BCUT2D eigenvalue weighted by molar-refractivity contribution is 0.227. The predicted octanol–water partition coefficient (Wildman–Crippen LogP) is 6.05. The highest BCUT2D eigenvalue weighted by Gasteiger charge is 2.19. The maximum atomic E-state index is 6.25. The summed E-state index contributed by atoms with van der Waals surface area (Å²) in [6.45, 7) is 5.93. The molecule has 0 spiro atoms. The maximum absolute atomic E-state index is 6.25. The lowest BCUT2D eigenvalue weighted by Gasteiger charge is -2.20. The Hall–Kier alpha value is -2.89. The molecule has 2 aromatic carbocycles. The number of ether oxygens (including phenoxy) is 1. The molecule has 1 atom stereocenters. The van der Waals surface area contributed by atoms with Crippen LogP contribution in [0.2, 0.25) is 5.02 Å². The summed E-state index contributed by atoms with van der Waals surface area (Å²) in [6, 6.07) is 19.1. The molecule has 4 aromatic rings. The second kappa shape index (κ2) is 9.94. The Kier molecular flexibility index (Phi) is 6.60. The molecule has 1 fully saturated rings. The van der Waals surface area contributed by atoms with Gasteiger partial charge < -0.3 is 9.64 Å². The van der Waals surface area contributed by atoms with Gasteiger partial charge in [-0.25, -0.2) is 0 Å². The van der Waals surface area contributed by atoms with Crippen molar-refractivity contribution in [1.82, 2.24) is 19.7 Å². The molecule has 2 aromatic heterocycles. The highest BCUT2D eigenvalue weighted by atomic mass is 35.5. The van der Waals surface area contributed by atoms with Gasteiger partial charge in [-0.3, -0.25) is 9.67 Å². The van der Waals surface area contributed by atoms with Crippen LogP contribution in [0.1, 0.15) is 31.7 Å². The number of aromatic nitrogens is 3. The van der Waals surface area contributed by atoms with Crippen LogP contribution in [0.15, 0.2) is 67.0 Å². The zero-order chi connectivity index (χ0) is 22.6. The molecule has 5 rings (SSSR count). The third kappa shape index (κ3) is 5.05. The van der Waals surface area contributed by atoms with Gasteiger partial charge in [0.15, 0.2) is 0 Å². The van der Waals surface area contributed by atoms with Gasteiger partial charge in [-0.15, -0.1) is 5.10 Å². The SMILES string of the molecule is C[C@H]1CCCN1CCCOc1nn(Cc2ccc(Cl)cc2)c2ccc(-c3ccncc3)cc12. The van der Waals surface area contributed by atoms with E-state index < -0.39 is 0 Å². The first kappa shape index (κ1) is 21.9. The van der Waals surface area contributed by atoms with Crippen molar-refractivity contribution in [3.05, 3.63) is 77.6 Å². The molecular weight excluding hydrogens is 432 g/mol. The van der Waals surface area contributed by atoms with E-state index in [0.29, 0.717) is 25.1 Å². The van der Waals surface area contributed by atoms with Gasteiger partial charge in [0.2, 0.25) is 5.88 Å². The zero-order valence-corrected chi connectivity index (χ0v) is 19.7. The van der Waals surface area contributed by atoms with Crippen molar-refractivity contribution in [2.45, 2.75) is 38.8 Å². The molecule has 0 aliphatic carbocycles. The van der Waals surface area contributed by atoms with Crippen molar-refractivity contribution in [2.75, 3.05) is 19.7 Å². The standard InChI is InChI=1S/C27H29ClN4O/c1-20-4-2-15-31(20)16-3-17-33-27-25-18-23(22-11-13-29-14-12-22)7-10-26(25)32(30-27)19-21-5-8-24(28)9-6-21/h5-14,18,20H,2-4,15-17,19H2,1H3/t20-/m0/s1. The Morgan fingerprint density at radius 1 is 1.03 bits per heavy atom. The van der Waals surface area contributed by atoms with Crippen molar-refractivity contribution in [3.63, 3.8) is 0 Å². The van der Waals surface area contributed by atoms with Crippen LogP contribution >= 0.6 is 11.6 Å². The molecule has 1 aliphatic rings. The number of hydrogen-bond donors (Lipinski definition) is 0. The van der Waals surface area contributed by atoms with Crippen molar-refractivity contribution in [1.29, 1.82) is 0 Å². The first-order valence-corrected chi connectivity index (χ1v) is 12.1. The second-order valence-corrected chi connectivity index (χ2v) is 9.22. The number of likely N-dealkylation sites (tertiary alicyclic amines) is 1. The molecule has 0 bridgehead atoms. The fraction of sp³-hybridized carbons (Fsp3) is 0.333. The number of hydrogen-bond acceptors (Lipinski definition) is 4. The zero-order valence-electron chi connectivity index (χ0n) is 19.0. The van der Waals surface area contributed by atoms with Gasteiger partial charge in [0, 0.05) is 30.0 Å². The van der Waals surface area contributed by atoms with Gasteiger partial charge in [0.05, 0.1) is 24.1 Å². The second-order valence-electron chi connectivity index (χ2n) is 8.79. The van der Waals surface area contributed by atoms with E-state index in [1.807, 2.05) is 53.5 Å². The number of benzene rings is 2. The van der Waals surface area contributed by atoms with E-state index in [4.69, 9.17) is 21.4 Å². The Morgan fingerprint density at radius 2 is 1.85 bits per heavy atom. The molecule has 1 aliphatic heterocycles. The first-order valence-electron chi connectivity index (χ1n) is 11.7. The Morgan fingerprint density at radius 3 is 2.61 bits per heavy atom. The average Bonchev–Trinajstić information content (AvgIpc) is 3.41. The molecular formula is C27H29ClN4O. The van der Waals surface area contributed by atoms with E-state index in [9.17, 15) is 0 Å². The van der Waals surface area contributed by atoms with E-state index in [1.165, 1.54) is 19.4 Å². The van der Waals surface area contributed by atoms with Gasteiger partial charge in [-0.2, -0.15) is 0 Å². The molecule has 33 heavy (non-hydrogen) atoms. The predicted molar refractivity (Wildman–Crippen MR) is 134 cm³/mol.